The molecule has 3 nitrogen and oxygen atoms in total. The first-order chi connectivity index (χ1) is 9.86. The lowest BCUT2D eigenvalue weighted by Crippen LogP contribution is -2.36. The van der Waals surface area contributed by atoms with Gasteiger partial charge in [0.05, 0.1) is 6.17 Å². The van der Waals surface area contributed by atoms with Crippen LogP contribution in [0.15, 0.2) is 16.6 Å². The molecule has 1 aliphatic heterocycles. The SMILES string of the molecule is CC(C)(C)c1cc(O)c(C2N[C@@H]3CCCC[C@H]3N2)c(Br)c1. The maximum atomic E-state index is 10.5. The van der Waals surface area contributed by atoms with Crippen LogP contribution in [-0.2, 0) is 5.41 Å². The molecule has 1 aromatic carbocycles. The highest BCUT2D eigenvalue weighted by molar-refractivity contribution is 9.10. The first kappa shape index (κ1) is 15.3. The van der Waals surface area contributed by atoms with Gasteiger partial charge in [-0.15, -0.1) is 0 Å². The third-order valence-electron chi connectivity index (χ3n) is 4.79. The van der Waals surface area contributed by atoms with Crippen molar-refractivity contribution in [1.82, 2.24) is 10.6 Å². The molecule has 2 aliphatic rings. The summed E-state index contributed by atoms with van der Waals surface area (Å²) in [5, 5.41) is 17.8. The number of phenolic OH excluding ortho intramolecular Hbond substituents is 1. The Hall–Kier alpha value is -0.580. The molecule has 0 amide bonds. The molecule has 0 bridgehead atoms. The standard InChI is InChI=1S/C17H25BrN2O/c1-17(2,3)10-8-11(18)15(14(21)9-10)16-19-12-6-4-5-7-13(12)20-16/h8-9,12-13,16,19-21H,4-7H2,1-3H3/t12-,13-/m1/s1. The third kappa shape index (κ3) is 2.99. The second-order valence-electron chi connectivity index (χ2n) is 7.40. The molecule has 4 heteroatoms. The van der Waals surface area contributed by atoms with Gasteiger partial charge in [0.2, 0.25) is 0 Å². The molecule has 2 fully saturated rings. The third-order valence-corrected chi connectivity index (χ3v) is 5.45. The van der Waals surface area contributed by atoms with Crippen LogP contribution >= 0.6 is 15.9 Å². The Morgan fingerprint density at radius 2 is 1.67 bits per heavy atom. The lowest BCUT2D eigenvalue weighted by molar-refractivity contribution is 0.374. The number of phenols is 1. The quantitative estimate of drug-likeness (QED) is 0.716. The Balaban J connectivity index is 1.89. The molecule has 0 radical (unpaired) electrons. The highest BCUT2D eigenvalue weighted by Crippen LogP contribution is 2.39. The number of hydrogen-bond acceptors (Lipinski definition) is 3. The van der Waals surface area contributed by atoms with Crippen LogP contribution in [0.4, 0.5) is 0 Å². The van der Waals surface area contributed by atoms with E-state index in [1.807, 2.05) is 6.07 Å². The van der Waals surface area contributed by atoms with E-state index in [2.05, 4.69) is 53.4 Å². The molecule has 116 valence electrons. The minimum atomic E-state index is 0.0308. The predicted octanol–water partition coefficient (Wildman–Crippen LogP) is 3.95. The smallest absolute Gasteiger partial charge is 0.123 e. The number of hydrogen-bond donors (Lipinski definition) is 3. The maximum absolute atomic E-state index is 10.5. The Labute approximate surface area is 135 Å². The van der Waals surface area contributed by atoms with Gasteiger partial charge in [-0.05, 0) is 36.0 Å². The Kier molecular flexibility index (Phi) is 4.06. The summed E-state index contributed by atoms with van der Waals surface area (Å²) in [6.07, 6.45) is 5.11. The van der Waals surface area contributed by atoms with Crippen molar-refractivity contribution in [3.05, 3.63) is 27.7 Å². The van der Waals surface area contributed by atoms with E-state index in [9.17, 15) is 5.11 Å². The zero-order valence-electron chi connectivity index (χ0n) is 13.0. The van der Waals surface area contributed by atoms with Crippen LogP contribution in [0.3, 0.4) is 0 Å². The molecule has 0 unspecified atom stereocenters. The maximum Gasteiger partial charge on any atom is 0.123 e. The first-order valence-corrected chi connectivity index (χ1v) is 8.70. The summed E-state index contributed by atoms with van der Waals surface area (Å²) in [5.74, 6) is 0.373. The van der Waals surface area contributed by atoms with Crippen molar-refractivity contribution >= 4 is 15.9 Å². The van der Waals surface area contributed by atoms with Crippen molar-refractivity contribution < 1.29 is 5.11 Å². The van der Waals surface area contributed by atoms with Gasteiger partial charge in [0.25, 0.3) is 0 Å². The van der Waals surface area contributed by atoms with E-state index in [1.165, 1.54) is 25.7 Å². The normalized spacial score (nSPS) is 26.9. The van der Waals surface area contributed by atoms with Gasteiger partial charge < -0.3 is 5.11 Å². The summed E-state index contributed by atoms with van der Waals surface area (Å²) in [5.41, 5.74) is 2.12. The van der Waals surface area contributed by atoms with E-state index in [-0.39, 0.29) is 11.6 Å². The molecule has 0 spiro atoms. The van der Waals surface area contributed by atoms with Crippen molar-refractivity contribution in [2.45, 2.75) is 70.1 Å². The fourth-order valence-electron chi connectivity index (χ4n) is 3.49. The highest BCUT2D eigenvalue weighted by Gasteiger charge is 2.37. The lowest BCUT2D eigenvalue weighted by atomic mass is 9.86. The average molecular weight is 353 g/mol. The molecule has 0 aromatic heterocycles. The minimum absolute atomic E-state index is 0.0308. The van der Waals surface area contributed by atoms with Crippen LogP contribution in [0.5, 0.6) is 5.75 Å². The summed E-state index contributed by atoms with van der Waals surface area (Å²) in [4.78, 5) is 0. The highest BCUT2D eigenvalue weighted by atomic mass is 79.9. The largest absolute Gasteiger partial charge is 0.508 e. The van der Waals surface area contributed by atoms with Crippen molar-refractivity contribution in [1.29, 1.82) is 0 Å². The molecule has 2 atom stereocenters. The number of benzene rings is 1. The molecule has 21 heavy (non-hydrogen) atoms. The topological polar surface area (TPSA) is 44.3 Å². The van der Waals surface area contributed by atoms with Crippen LogP contribution in [0.1, 0.15) is 63.7 Å². The molecule has 1 heterocycles. The van der Waals surface area contributed by atoms with Gasteiger partial charge in [0, 0.05) is 22.1 Å². The van der Waals surface area contributed by atoms with Crippen LogP contribution in [-0.4, -0.2) is 17.2 Å². The number of fused-ring (bicyclic) bond motifs is 1. The van der Waals surface area contributed by atoms with Crippen molar-refractivity contribution in [2.24, 2.45) is 0 Å². The summed E-state index contributed by atoms with van der Waals surface area (Å²) in [7, 11) is 0. The van der Waals surface area contributed by atoms with Crippen LogP contribution in [0.25, 0.3) is 0 Å². The molecule has 3 rings (SSSR count). The van der Waals surface area contributed by atoms with Crippen molar-refractivity contribution in [2.75, 3.05) is 0 Å². The predicted molar refractivity (Wildman–Crippen MR) is 89.6 cm³/mol. The van der Waals surface area contributed by atoms with Gasteiger partial charge in [0.15, 0.2) is 0 Å². The number of halogens is 1. The minimum Gasteiger partial charge on any atom is -0.508 e. The summed E-state index contributed by atoms with van der Waals surface area (Å²) < 4.78 is 0.982. The number of aromatic hydroxyl groups is 1. The molecule has 3 N–H and O–H groups in total. The van der Waals surface area contributed by atoms with E-state index < -0.39 is 0 Å². The van der Waals surface area contributed by atoms with Crippen LogP contribution in [0.2, 0.25) is 0 Å². The average Bonchev–Trinajstić information content (AvgIpc) is 2.79. The van der Waals surface area contributed by atoms with Gasteiger partial charge in [-0.2, -0.15) is 0 Å². The monoisotopic (exact) mass is 352 g/mol. The molecular weight excluding hydrogens is 328 g/mol. The van der Waals surface area contributed by atoms with Gasteiger partial charge in [-0.3, -0.25) is 10.6 Å². The Bertz CT molecular complexity index is 501. The molecular formula is C17H25BrN2O. The molecule has 1 saturated carbocycles. The van der Waals surface area contributed by atoms with Gasteiger partial charge in [0.1, 0.15) is 5.75 Å². The van der Waals surface area contributed by atoms with Crippen LogP contribution < -0.4 is 10.6 Å². The first-order valence-electron chi connectivity index (χ1n) is 7.91. The molecule has 1 aliphatic carbocycles. The zero-order chi connectivity index (χ0) is 15.2. The van der Waals surface area contributed by atoms with Crippen LogP contribution in [0, 0.1) is 0 Å². The van der Waals surface area contributed by atoms with E-state index in [4.69, 9.17) is 0 Å². The van der Waals surface area contributed by atoms with Crippen molar-refractivity contribution in [3.8, 4) is 5.75 Å². The van der Waals surface area contributed by atoms with E-state index in [0.29, 0.717) is 17.8 Å². The summed E-state index contributed by atoms with van der Waals surface area (Å²) in [6.45, 7) is 6.48. The van der Waals surface area contributed by atoms with E-state index in [1.54, 1.807) is 0 Å². The van der Waals surface area contributed by atoms with E-state index >= 15 is 0 Å². The summed E-state index contributed by atoms with van der Waals surface area (Å²) >= 11 is 3.66. The fourth-order valence-corrected chi connectivity index (χ4v) is 4.17. The number of rotatable bonds is 1. The molecule has 1 aromatic rings. The fraction of sp³-hybridized carbons (Fsp3) is 0.647. The van der Waals surface area contributed by atoms with E-state index in [0.717, 1.165) is 15.6 Å². The zero-order valence-corrected chi connectivity index (χ0v) is 14.6. The number of nitrogens with one attached hydrogen (secondary N) is 2. The molecule has 1 saturated heterocycles. The van der Waals surface area contributed by atoms with Gasteiger partial charge in [-0.1, -0.05) is 49.5 Å². The Morgan fingerprint density at radius 3 is 2.14 bits per heavy atom. The van der Waals surface area contributed by atoms with Gasteiger partial charge in [-0.25, -0.2) is 0 Å². The second-order valence-corrected chi connectivity index (χ2v) is 8.26. The summed E-state index contributed by atoms with van der Waals surface area (Å²) in [6, 6.07) is 5.13. The Morgan fingerprint density at radius 1 is 1.10 bits per heavy atom. The van der Waals surface area contributed by atoms with Gasteiger partial charge >= 0.3 is 0 Å². The van der Waals surface area contributed by atoms with Crippen molar-refractivity contribution in [3.63, 3.8) is 0 Å². The second kappa shape index (κ2) is 5.56. The lowest BCUT2D eigenvalue weighted by Gasteiger charge is -2.23.